The fraction of sp³-hybridized carbons (Fsp3) is 0.333. The van der Waals surface area contributed by atoms with E-state index in [1.165, 1.54) is 10.5 Å². The number of nitrogens with one attached hydrogen (secondary N) is 2. The first-order valence-corrected chi connectivity index (χ1v) is 12.0. The molecule has 4 rings (SSSR count). The predicted molar refractivity (Wildman–Crippen MR) is 138 cm³/mol. The van der Waals surface area contributed by atoms with Crippen LogP contribution in [0, 0.1) is 12.3 Å². The summed E-state index contributed by atoms with van der Waals surface area (Å²) in [5.41, 5.74) is 2.71. The number of ether oxygens (including phenoxy) is 2. The van der Waals surface area contributed by atoms with Crippen molar-refractivity contribution in [3.8, 4) is 5.75 Å². The van der Waals surface area contributed by atoms with Crippen LogP contribution in [0.3, 0.4) is 0 Å². The highest BCUT2D eigenvalue weighted by Gasteiger charge is 2.18. The Labute approximate surface area is 208 Å². The van der Waals surface area contributed by atoms with Gasteiger partial charge in [-0.25, -0.2) is 4.98 Å². The van der Waals surface area contributed by atoms with Gasteiger partial charge in [-0.15, -0.1) is 0 Å². The second-order valence-electron chi connectivity index (χ2n) is 8.50. The Hall–Kier alpha value is -3.98. The Kier molecular flexibility index (Phi) is 7.80. The minimum atomic E-state index is -0.400. The molecule has 9 nitrogen and oxygen atoms in total. The zero-order valence-electron chi connectivity index (χ0n) is 20.8. The van der Waals surface area contributed by atoms with Gasteiger partial charge in [-0.05, 0) is 62.1 Å². The molecule has 1 amide bonds. The minimum absolute atomic E-state index is 0.0192. The number of hydrogen-bond acceptors (Lipinski definition) is 6. The van der Waals surface area contributed by atoms with Gasteiger partial charge < -0.3 is 19.4 Å². The van der Waals surface area contributed by atoms with E-state index < -0.39 is 5.91 Å². The second-order valence-corrected chi connectivity index (χ2v) is 8.50. The van der Waals surface area contributed by atoms with E-state index in [0.717, 1.165) is 16.9 Å². The van der Waals surface area contributed by atoms with Crippen molar-refractivity contribution in [3.63, 3.8) is 0 Å². The summed E-state index contributed by atoms with van der Waals surface area (Å²) in [6, 6.07) is 12.8. The van der Waals surface area contributed by atoms with E-state index in [1.807, 2.05) is 44.2 Å². The van der Waals surface area contributed by atoms with Crippen LogP contribution in [0.5, 0.6) is 5.75 Å². The summed E-state index contributed by atoms with van der Waals surface area (Å²) in [6.07, 6.45) is 2.91. The highest BCUT2D eigenvalue weighted by molar-refractivity contribution is 5.96. The van der Waals surface area contributed by atoms with E-state index in [0.29, 0.717) is 55.8 Å². The number of carbonyl (C=O) groups is 1. The van der Waals surface area contributed by atoms with Gasteiger partial charge in [0.2, 0.25) is 0 Å². The van der Waals surface area contributed by atoms with Crippen molar-refractivity contribution in [2.45, 2.75) is 33.2 Å². The molecule has 0 spiro atoms. The van der Waals surface area contributed by atoms with Gasteiger partial charge in [0.1, 0.15) is 22.5 Å². The van der Waals surface area contributed by atoms with Crippen molar-refractivity contribution in [2.24, 2.45) is 0 Å². The van der Waals surface area contributed by atoms with Crippen LogP contribution in [0.4, 0.5) is 0 Å². The number of nitrogens with zero attached hydrogens (tertiary/aromatic N) is 3. The first-order valence-electron chi connectivity index (χ1n) is 12.0. The Morgan fingerprint density at radius 1 is 1.17 bits per heavy atom. The van der Waals surface area contributed by atoms with E-state index in [4.69, 9.17) is 19.9 Å². The summed E-state index contributed by atoms with van der Waals surface area (Å²) < 4.78 is 13.8. The zero-order valence-corrected chi connectivity index (χ0v) is 20.8. The molecule has 0 bridgehead atoms. The van der Waals surface area contributed by atoms with Crippen molar-refractivity contribution in [1.29, 1.82) is 5.41 Å². The number of fused-ring (bicyclic) bond motifs is 2. The van der Waals surface area contributed by atoms with Gasteiger partial charge in [0.25, 0.3) is 11.5 Å². The molecule has 3 heterocycles. The molecule has 0 aliphatic heterocycles. The highest BCUT2D eigenvalue weighted by Crippen LogP contribution is 2.14. The van der Waals surface area contributed by atoms with Gasteiger partial charge in [0.05, 0.1) is 18.1 Å². The van der Waals surface area contributed by atoms with E-state index in [2.05, 4.69) is 5.32 Å². The molecule has 0 saturated heterocycles. The molecule has 2 N–H and O–H groups in total. The average molecular weight is 490 g/mol. The van der Waals surface area contributed by atoms with Crippen LogP contribution < -0.4 is 21.1 Å². The summed E-state index contributed by atoms with van der Waals surface area (Å²) in [5, 5.41) is 12.0. The van der Waals surface area contributed by atoms with Crippen molar-refractivity contribution in [2.75, 3.05) is 26.9 Å². The van der Waals surface area contributed by atoms with Gasteiger partial charge in [-0.3, -0.25) is 19.4 Å². The normalized spacial score (nSPS) is 11.2. The van der Waals surface area contributed by atoms with Crippen LogP contribution in [0.25, 0.3) is 16.7 Å². The van der Waals surface area contributed by atoms with Crippen LogP contribution in [0.1, 0.15) is 34.8 Å². The molecule has 3 aromatic heterocycles. The lowest BCUT2D eigenvalue weighted by Crippen LogP contribution is -2.36. The molecule has 36 heavy (non-hydrogen) atoms. The number of amides is 1. The molecule has 0 unspecified atom stereocenters. The van der Waals surface area contributed by atoms with E-state index in [9.17, 15) is 9.59 Å². The first kappa shape index (κ1) is 25.1. The van der Waals surface area contributed by atoms with E-state index >= 15 is 0 Å². The predicted octanol–water partition coefficient (Wildman–Crippen LogP) is 2.84. The lowest BCUT2D eigenvalue weighted by Gasteiger charge is -2.15. The Morgan fingerprint density at radius 2 is 1.94 bits per heavy atom. The molecule has 0 aliphatic carbocycles. The molecule has 0 fully saturated rings. The third kappa shape index (κ3) is 5.16. The molecule has 0 radical (unpaired) electrons. The lowest BCUT2D eigenvalue weighted by molar-refractivity contribution is 0.0951. The highest BCUT2D eigenvalue weighted by atomic mass is 16.5. The summed E-state index contributed by atoms with van der Waals surface area (Å²) in [4.78, 5) is 31.3. The zero-order chi connectivity index (χ0) is 25.7. The SMILES string of the molecule is CCOCCCn1c(=N)c(C(=O)NCCc2ccc(OC)cc2)cc2c(=O)n3cccc(C)c3nc21. The Bertz CT molecular complexity index is 1510. The van der Waals surface area contributed by atoms with Crippen LogP contribution in [-0.2, 0) is 17.7 Å². The fourth-order valence-electron chi connectivity index (χ4n) is 4.16. The number of aromatic nitrogens is 3. The van der Waals surface area contributed by atoms with Crippen molar-refractivity contribution in [1.82, 2.24) is 19.3 Å². The van der Waals surface area contributed by atoms with Crippen molar-refractivity contribution < 1.29 is 14.3 Å². The summed E-state index contributed by atoms with van der Waals surface area (Å²) in [7, 11) is 1.62. The lowest BCUT2D eigenvalue weighted by atomic mass is 10.1. The Morgan fingerprint density at radius 3 is 2.67 bits per heavy atom. The van der Waals surface area contributed by atoms with Gasteiger partial charge in [0.15, 0.2) is 0 Å². The topological polar surface area (TPSA) is 111 Å². The van der Waals surface area contributed by atoms with Crippen molar-refractivity contribution >= 4 is 22.6 Å². The maximum atomic E-state index is 13.4. The average Bonchev–Trinajstić information content (AvgIpc) is 2.88. The standard InChI is InChI=1S/C27H31N5O4/c1-4-36-16-6-15-31-23(28)21(26(33)29-13-12-19-8-10-20(35-3)11-9-19)17-22-25(31)30-24-18(2)7-5-14-32(24)27(22)34/h5,7-11,14,17,28H,4,6,12-13,15-16H2,1-3H3,(H,29,33). The maximum absolute atomic E-state index is 13.4. The second kappa shape index (κ2) is 11.2. The molecule has 4 aromatic rings. The largest absolute Gasteiger partial charge is 0.497 e. The van der Waals surface area contributed by atoms with Crippen LogP contribution in [0.2, 0.25) is 0 Å². The third-order valence-electron chi connectivity index (χ3n) is 6.11. The van der Waals surface area contributed by atoms with Gasteiger partial charge in [-0.2, -0.15) is 0 Å². The monoisotopic (exact) mass is 489 g/mol. The van der Waals surface area contributed by atoms with Gasteiger partial charge >= 0.3 is 0 Å². The first-order chi connectivity index (χ1) is 17.4. The quantitative estimate of drug-likeness (QED) is 0.263. The number of methoxy groups -OCH3 is 1. The third-order valence-corrected chi connectivity index (χ3v) is 6.11. The number of carbonyl (C=O) groups excluding carboxylic acids is 1. The minimum Gasteiger partial charge on any atom is -0.497 e. The smallest absolute Gasteiger partial charge is 0.267 e. The molecule has 9 heteroatoms. The Balaban J connectivity index is 1.69. The molecule has 0 aliphatic rings. The molecule has 0 saturated carbocycles. The van der Waals surface area contributed by atoms with Crippen molar-refractivity contribution in [3.05, 3.63) is 81.2 Å². The molecular weight excluding hydrogens is 458 g/mol. The fourth-order valence-corrected chi connectivity index (χ4v) is 4.16. The van der Waals surface area contributed by atoms with Crippen LogP contribution in [-0.4, -0.2) is 46.7 Å². The molecule has 188 valence electrons. The number of aryl methyl sites for hydroxylation is 2. The number of pyridine rings is 2. The maximum Gasteiger partial charge on any atom is 0.267 e. The van der Waals surface area contributed by atoms with Crippen LogP contribution in [0.15, 0.2) is 53.5 Å². The number of hydrogen-bond donors (Lipinski definition) is 2. The number of benzene rings is 1. The van der Waals surface area contributed by atoms with Gasteiger partial charge in [0, 0.05) is 32.5 Å². The summed E-state index contributed by atoms with van der Waals surface area (Å²) in [5.74, 6) is 0.372. The molecule has 1 aromatic carbocycles. The van der Waals surface area contributed by atoms with E-state index in [-0.39, 0.29) is 16.6 Å². The van der Waals surface area contributed by atoms with Gasteiger partial charge in [-0.1, -0.05) is 18.2 Å². The van der Waals surface area contributed by atoms with E-state index in [1.54, 1.807) is 23.9 Å². The molecule has 0 atom stereocenters. The number of rotatable bonds is 10. The summed E-state index contributed by atoms with van der Waals surface area (Å²) in [6.45, 7) is 5.71. The molecular formula is C27H31N5O4. The summed E-state index contributed by atoms with van der Waals surface area (Å²) >= 11 is 0. The van der Waals surface area contributed by atoms with Crippen LogP contribution >= 0.6 is 0 Å².